The molecule has 0 aliphatic carbocycles. The molecule has 0 spiro atoms. The summed E-state index contributed by atoms with van der Waals surface area (Å²) in [6.07, 6.45) is 0. The number of halogens is 1. The normalized spacial score (nSPS) is 10.0. The number of ether oxygens (including phenoxy) is 3. The third-order valence-corrected chi connectivity index (χ3v) is 3.65. The number of hydrogen-bond donors (Lipinski definition) is 2. The van der Waals surface area contributed by atoms with Gasteiger partial charge in [0, 0.05) is 11.1 Å². The van der Waals surface area contributed by atoms with Crippen molar-refractivity contribution >= 4 is 11.8 Å². The standard InChI is InChI=1S/C18H19FN2O5/c1-10-5-6-11(7-13(10)19)17(22)20-21-18(23)12-8-14(24-2)16(26-4)15(9-12)25-3/h5-9H,1-4H3,(H,20,22)(H,21,23). The summed E-state index contributed by atoms with van der Waals surface area (Å²) in [5.74, 6) is -0.831. The molecule has 2 rings (SSSR count). The van der Waals surface area contributed by atoms with E-state index in [4.69, 9.17) is 14.2 Å². The molecule has 0 unspecified atom stereocenters. The summed E-state index contributed by atoms with van der Waals surface area (Å²) in [7, 11) is 4.29. The van der Waals surface area contributed by atoms with E-state index in [1.165, 1.54) is 45.6 Å². The summed E-state index contributed by atoms with van der Waals surface area (Å²) in [4.78, 5) is 24.3. The van der Waals surface area contributed by atoms with Gasteiger partial charge in [-0.1, -0.05) is 6.07 Å². The van der Waals surface area contributed by atoms with Crippen molar-refractivity contribution in [3.63, 3.8) is 0 Å². The van der Waals surface area contributed by atoms with Crippen molar-refractivity contribution in [3.05, 3.63) is 52.8 Å². The van der Waals surface area contributed by atoms with Crippen molar-refractivity contribution in [3.8, 4) is 17.2 Å². The molecule has 0 atom stereocenters. The minimum Gasteiger partial charge on any atom is -0.493 e. The van der Waals surface area contributed by atoms with Gasteiger partial charge in [0.05, 0.1) is 21.3 Å². The summed E-state index contributed by atoms with van der Waals surface area (Å²) in [6.45, 7) is 1.59. The minimum absolute atomic E-state index is 0.0818. The molecular formula is C18H19FN2O5. The molecule has 2 aromatic rings. The van der Waals surface area contributed by atoms with E-state index in [1.807, 2.05) is 0 Å². The maximum atomic E-state index is 13.5. The molecule has 2 N–H and O–H groups in total. The maximum absolute atomic E-state index is 13.5. The third-order valence-electron chi connectivity index (χ3n) is 3.65. The number of amides is 2. The number of methoxy groups -OCH3 is 3. The maximum Gasteiger partial charge on any atom is 0.269 e. The molecule has 0 aliphatic heterocycles. The second-order valence-corrected chi connectivity index (χ2v) is 5.29. The van der Waals surface area contributed by atoms with Gasteiger partial charge < -0.3 is 14.2 Å². The Hall–Kier alpha value is -3.29. The number of rotatable bonds is 5. The molecule has 0 saturated carbocycles. The SMILES string of the molecule is COc1cc(C(=O)NNC(=O)c2ccc(C)c(F)c2)cc(OC)c1OC. The zero-order chi connectivity index (χ0) is 19.3. The lowest BCUT2D eigenvalue weighted by Gasteiger charge is -2.14. The quantitative estimate of drug-likeness (QED) is 0.797. The number of nitrogens with one attached hydrogen (secondary N) is 2. The van der Waals surface area contributed by atoms with Gasteiger partial charge in [-0.25, -0.2) is 4.39 Å². The van der Waals surface area contributed by atoms with Crippen LogP contribution in [0.3, 0.4) is 0 Å². The Morgan fingerprint density at radius 1 is 0.846 bits per heavy atom. The van der Waals surface area contributed by atoms with E-state index in [1.54, 1.807) is 6.92 Å². The molecule has 0 aliphatic rings. The van der Waals surface area contributed by atoms with Gasteiger partial charge in [-0.3, -0.25) is 20.4 Å². The Balaban J connectivity index is 2.14. The molecule has 0 heterocycles. The van der Waals surface area contributed by atoms with E-state index in [0.29, 0.717) is 22.8 Å². The molecule has 7 nitrogen and oxygen atoms in total. The Bertz CT molecular complexity index is 813. The number of benzene rings is 2. The summed E-state index contributed by atoms with van der Waals surface area (Å²) in [5, 5.41) is 0. The number of hydrazine groups is 1. The molecule has 0 saturated heterocycles. The lowest BCUT2D eigenvalue weighted by Crippen LogP contribution is -2.41. The number of hydrogen-bond acceptors (Lipinski definition) is 5. The lowest BCUT2D eigenvalue weighted by molar-refractivity contribution is 0.0846. The molecule has 0 aromatic heterocycles. The van der Waals surface area contributed by atoms with Crippen molar-refractivity contribution in [2.75, 3.05) is 21.3 Å². The van der Waals surface area contributed by atoms with Crippen LogP contribution in [0.5, 0.6) is 17.2 Å². The van der Waals surface area contributed by atoms with Gasteiger partial charge in [-0.2, -0.15) is 0 Å². The molecule has 26 heavy (non-hydrogen) atoms. The highest BCUT2D eigenvalue weighted by molar-refractivity contribution is 5.99. The highest BCUT2D eigenvalue weighted by atomic mass is 19.1. The number of aryl methyl sites for hydroxylation is 1. The molecule has 0 bridgehead atoms. The van der Waals surface area contributed by atoms with Crippen LogP contribution in [-0.2, 0) is 0 Å². The highest BCUT2D eigenvalue weighted by Crippen LogP contribution is 2.38. The van der Waals surface area contributed by atoms with Crippen LogP contribution in [-0.4, -0.2) is 33.1 Å². The Kier molecular flexibility index (Phi) is 6.00. The Morgan fingerprint density at radius 3 is 1.85 bits per heavy atom. The third kappa shape index (κ3) is 4.02. The van der Waals surface area contributed by atoms with Gasteiger partial charge in [0.2, 0.25) is 5.75 Å². The Morgan fingerprint density at radius 2 is 1.38 bits per heavy atom. The number of carbonyl (C=O) groups excluding carboxylic acids is 2. The first-order valence-corrected chi connectivity index (χ1v) is 7.58. The monoisotopic (exact) mass is 362 g/mol. The predicted molar refractivity (Wildman–Crippen MR) is 92.2 cm³/mol. The zero-order valence-electron chi connectivity index (χ0n) is 14.8. The fourth-order valence-corrected chi connectivity index (χ4v) is 2.20. The smallest absolute Gasteiger partial charge is 0.269 e. The van der Waals surface area contributed by atoms with E-state index in [9.17, 15) is 14.0 Å². The van der Waals surface area contributed by atoms with Crippen LogP contribution in [0, 0.1) is 12.7 Å². The van der Waals surface area contributed by atoms with E-state index < -0.39 is 17.6 Å². The first-order chi connectivity index (χ1) is 12.4. The van der Waals surface area contributed by atoms with Gasteiger partial charge in [-0.15, -0.1) is 0 Å². The van der Waals surface area contributed by atoms with Crippen molar-refractivity contribution in [1.29, 1.82) is 0 Å². The van der Waals surface area contributed by atoms with Crippen LogP contribution in [0.2, 0.25) is 0 Å². The fourth-order valence-electron chi connectivity index (χ4n) is 2.20. The second kappa shape index (κ2) is 8.19. The van der Waals surface area contributed by atoms with E-state index in [0.717, 1.165) is 6.07 Å². The molecule has 0 radical (unpaired) electrons. The average molecular weight is 362 g/mol. The topological polar surface area (TPSA) is 85.9 Å². The molecule has 2 amide bonds. The summed E-state index contributed by atoms with van der Waals surface area (Å²) in [5.41, 5.74) is 5.16. The van der Waals surface area contributed by atoms with Crippen LogP contribution in [0.1, 0.15) is 26.3 Å². The van der Waals surface area contributed by atoms with E-state index >= 15 is 0 Å². The van der Waals surface area contributed by atoms with E-state index in [2.05, 4.69) is 10.9 Å². The van der Waals surface area contributed by atoms with Crippen molar-refractivity contribution in [2.45, 2.75) is 6.92 Å². The van der Waals surface area contributed by atoms with Gasteiger partial charge in [0.1, 0.15) is 5.82 Å². The first-order valence-electron chi connectivity index (χ1n) is 7.58. The first kappa shape index (κ1) is 19.0. The molecular weight excluding hydrogens is 343 g/mol. The predicted octanol–water partition coefficient (Wildman–Crippen LogP) is 2.23. The Labute approximate surface area is 150 Å². The fraction of sp³-hybridized carbons (Fsp3) is 0.222. The molecule has 138 valence electrons. The summed E-state index contributed by atoms with van der Waals surface area (Å²) in [6, 6.07) is 6.91. The number of carbonyl (C=O) groups is 2. The average Bonchev–Trinajstić information content (AvgIpc) is 2.66. The summed E-state index contributed by atoms with van der Waals surface area (Å²) >= 11 is 0. The lowest BCUT2D eigenvalue weighted by atomic mass is 10.1. The van der Waals surface area contributed by atoms with Crippen LogP contribution in [0.15, 0.2) is 30.3 Å². The minimum atomic E-state index is -0.648. The van der Waals surface area contributed by atoms with Crippen LogP contribution < -0.4 is 25.1 Å². The second-order valence-electron chi connectivity index (χ2n) is 5.29. The van der Waals surface area contributed by atoms with Gasteiger partial charge in [0.15, 0.2) is 11.5 Å². The van der Waals surface area contributed by atoms with Gasteiger partial charge in [-0.05, 0) is 36.8 Å². The molecule has 0 fully saturated rings. The van der Waals surface area contributed by atoms with Crippen LogP contribution in [0.25, 0.3) is 0 Å². The van der Waals surface area contributed by atoms with Crippen molar-refractivity contribution in [1.82, 2.24) is 10.9 Å². The van der Waals surface area contributed by atoms with Crippen LogP contribution >= 0.6 is 0 Å². The summed E-state index contributed by atoms with van der Waals surface area (Å²) < 4.78 is 29.1. The zero-order valence-corrected chi connectivity index (χ0v) is 14.8. The molecule has 8 heteroatoms. The molecule has 2 aromatic carbocycles. The van der Waals surface area contributed by atoms with Gasteiger partial charge in [0.25, 0.3) is 11.8 Å². The van der Waals surface area contributed by atoms with E-state index in [-0.39, 0.29) is 11.1 Å². The van der Waals surface area contributed by atoms with Gasteiger partial charge >= 0.3 is 0 Å². The van der Waals surface area contributed by atoms with Crippen LogP contribution in [0.4, 0.5) is 4.39 Å². The van der Waals surface area contributed by atoms with Crippen molar-refractivity contribution in [2.24, 2.45) is 0 Å². The highest BCUT2D eigenvalue weighted by Gasteiger charge is 2.17. The largest absolute Gasteiger partial charge is 0.493 e. The van der Waals surface area contributed by atoms with Crippen molar-refractivity contribution < 1.29 is 28.2 Å².